The number of ether oxygens (including phenoxy) is 3. The van der Waals surface area contributed by atoms with Gasteiger partial charge < -0.3 is 14.2 Å². The molecule has 0 N–H and O–H groups in total. The van der Waals surface area contributed by atoms with Crippen LogP contribution in [0.4, 0.5) is 0 Å². The highest BCUT2D eigenvalue weighted by Gasteiger charge is 2.35. The van der Waals surface area contributed by atoms with E-state index in [1.54, 1.807) is 61.4 Å². The zero-order valence-electron chi connectivity index (χ0n) is 22.8. The fourth-order valence-corrected chi connectivity index (χ4v) is 5.60. The molecular weight excluding hydrogens is 520 g/mol. The SMILES string of the molecule is CCO[C@H](c1ncc(C)cn1)[C@H](C)S(=O)(=O)Cc1nnc(-c2cncc(C)c2)n1-c1c(OC)cccc1OC. The van der Waals surface area contributed by atoms with Crippen LogP contribution in [0.25, 0.3) is 17.1 Å². The summed E-state index contributed by atoms with van der Waals surface area (Å²) >= 11 is 0. The van der Waals surface area contributed by atoms with Gasteiger partial charge in [0, 0.05) is 37.0 Å². The minimum Gasteiger partial charge on any atom is -0.494 e. The Morgan fingerprint density at radius 2 is 1.62 bits per heavy atom. The number of methoxy groups -OCH3 is 2. The van der Waals surface area contributed by atoms with Gasteiger partial charge in [-0.2, -0.15) is 0 Å². The molecule has 3 heterocycles. The molecule has 0 saturated carbocycles. The van der Waals surface area contributed by atoms with Gasteiger partial charge in [-0.3, -0.25) is 9.55 Å². The zero-order chi connectivity index (χ0) is 28.2. The molecule has 206 valence electrons. The Bertz CT molecular complexity index is 1520. The number of nitrogens with zero attached hydrogens (tertiary/aromatic N) is 6. The number of hydrogen-bond acceptors (Lipinski definition) is 10. The van der Waals surface area contributed by atoms with Crippen molar-refractivity contribution in [3.8, 4) is 28.6 Å². The van der Waals surface area contributed by atoms with Crippen LogP contribution in [-0.4, -0.2) is 64.2 Å². The van der Waals surface area contributed by atoms with Gasteiger partial charge in [-0.25, -0.2) is 18.4 Å². The second kappa shape index (κ2) is 11.9. The lowest BCUT2D eigenvalue weighted by Gasteiger charge is -2.23. The Hall–Kier alpha value is -3.90. The van der Waals surface area contributed by atoms with E-state index in [4.69, 9.17) is 14.2 Å². The average molecular weight is 553 g/mol. The highest BCUT2D eigenvalue weighted by molar-refractivity contribution is 7.91. The normalized spacial score (nSPS) is 13.2. The number of aryl methyl sites for hydroxylation is 2. The van der Waals surface area contributed by atoms with Crippen LogP contribution >= 0.6 is 0 Å². The predicted octanol–water partition coefficient (Wildman–Crippen LogP) is 3.83. The molecule has 39 heavy (non-hydrogen) atoms. The van der Waals surface area contributed by atoms with Gasteiger partial charge in [-0.05, 0) is 57.0 Å². The molecule has 4 rings (SSSR count). The van der Waals surface area contributed by atoms with Crippen molar-refractivity contribution in [2.45, 2.75) is 44.8 Å². The third-order valence-electron chi connectivity index (χ3n) is 6.21. The highest BCUT2D eigenvalue weighted by atomic mass is 32.2. The van der Waals surface area contributed by atoms with Crippen LogP contribution < -0.4 is 9.47 Å². The Labute approximate surface area is 228 Å². The molecule has 0 bridgehead atoms. The van der Waals surface area contributed by atoms with Crippen molar-refractivity contribution in [1.82, 2.24) is 29.7 Å². The maximum absolute atomic E-state index is 13.9. The molecule has 2 atom stereocenters. The monoisotopic (exact) mass is 552 g/mol. The van der Waals surface area contributed by atoms with Crippen molar-refractivity contribution in [3.05, 3.63) is 71.8 Å². The van der Waals surface area contributed by atoms with Crippen LogP contribution in [0.2, 0.25) is 0 Å². The molecule has 0 saturated heterocycles. The number of aromatic nitrogens is 6. The first kappa shape index (κ1) is 28.1. The van der Waals surface area contributed by atoms with E-state index in [1.807, 2.05) is 19.9 Å². The molecule has 0 aliphatic carbocycles. The van der Waals surface area contributed by atoms with Gasteiger partial charge in [0.1, 0.15) is 29.0 Å². The second-order valence-corrected chi connectivity index (χ2v) is 11.4. The molecule has 3 aromatic heterocycles. The van der Waals surface area contributed by atoms with Gasteiger partial charge in [0.25, 0.3) is 0 Å². The summed E-state index contributed by atoms with van der Waals surface area (Å²) in [6.07, 6.45) is 5.79. The predicted molar refractivity (Wildman–Crippen MR) is 146 cm³/mol. The van der Waals surface area contributed by atoms with Crippen molar-refractivity contribution < 1.29 is 22.6 Å². The number of para-hydroxylation sites is 1. The van der Waals surface area contributed by atoms with Crippen molar-refractivity contribution in [1.29, 1.82) is 0 Å². The number of pyridine rings is 1. The lowest BCUT2D eigenvalue weighted by Crippen LogP contribution is -2.30. The van der Waals surface area contributed by atoms with Gasteiger partial charge >= 0.3 is 0 Å². The summed E-state index contributed by atoms with van der Waals surface area (Å²) in [6.45, 7) is 7.46. The summed E-state index contributed by atoms with van der Waals surface area (Å²) in [5, 5.41) is 7.74. The van der Waals surface area contributed by atoms with E-state index in [0.29, 0.717) is 41.0 Å². The van der Waals surface area contributed by atoms with E-state index >= 15 is 0 Å². The fraction of sp³-hybridized carbons (Fsp3) is 0.370. The molecule has 4 aromatic rings. The van der Waals surface area contributed by atoms with Crippen LogP contribution in [0.5, 0.6) is 11.5 Å². The van der Waals surface area contributed by atoms with E-state index in [0.717, 1.165) is 11.1 Å². The van der Waals surface area contributed by atoms with Crippen molar-refractivity contribution in [2.75, 3.05) is 20.8 Å². The summed E-state index contributed by atoms with van der Waals surface area (Å²) in [7, 11) is -0.803. The standard InChI is InChI=1S/C27H32N6O5S/c1-7-38-25(26-29-13-18(3)14-30-26)19(4)39(34,35)16-23-31-32-27(20-11-17(2)12-28-15-20)33(23)24-21(36-5)9-8-10-22(24)37-6/h8-15,19,25H,7,16H2,1-6H3/t19-,25-/m0/s1. The van der Waals surface area contributed by atoms with E-state index in [2.05, 4.69) is 25.1 Å². The third kappa shape index (κ3) is 5.91. The molecule has 0 unspecified atom stereocenters. The van der Waals surface area contributed by atoms with Crippen LogP contribution in [0.1, 0.15) is 42.7 Å². The smallest absolute Gasteiger partial charge is 0.170 e. The lowest BCUT2D eigenvalue weighted by atomic mass is 10.2. The molecule has 12 heteroatoms. The highest BCUT2D eigenvalue weighted by Crippen LogP contribution is 2.37. The largest absolute Gasteiger partial charge is 0.494 e. The van der Waals surface area contributed by atoms with Crippen LogP contribution in [-0.2, 0) is 20.3 Å². The van der Waals surface area contributed by atoms with Crippen LogP contribution in [0.3, 0.4) is 0 Å². The quantitative estimate of drug-likeness (QED) is 0.270. The third-order valence-corrected chi connectivity index (χ3v) is 8.25. The summed E-state index contributed by atoms with van der Waals surface area (Å²) in [4.78, 5) is 12.9. The average Bonchev–Trinajstić information content (AvgIpc) is 3.33. The Morgan fingerprint density at radius 3 is 2.21 bits per heavy atom. The van der Waals surface area contributed by atoms with Crippen LogP contribution in [0, 0.1) is 13.8 Å². The first-order valence-electron chi connectivity index (χ1n) is 12.4. The number of benzene rings is 1. The summed E-state index contributed by atoms with van der Waals surface area (Å²) < 4.78 is 46.5. The summed E-state index contributed by atoms with van der Waals surface area (Å²) in [5.41, 5.74) is 2.91. The second-order valence-electron chi connectivity index (χ2n) is 9.04. The number of hydrogen-bond donors (Lipinski definition) is 0. The molecule has 0 aliphatic heterocycles. The number of sulfone groups is 1. The first-order valence-corrected chi connectivity index (χ1v) is 14.1. The topological polar surface area (TPSA) is 131 Å². The molecule has 0 fully saturated rings. The minimum absolute atomic E-state index is 0.182. The maximum atomic E-state index is 13.9. The Balaban J connectivity index is 1.84. The van der Waals surface area contributed by atoms with Gasteiger partial charge in [0.2, 0.25) is 0 Å². The van der Waals surface area contributed by atoms with Gasteiger partial charge in [-0.1, -0.05) is 6.07 Å². The fourth-order valence-electron chi connectivity index (χ4n) is 4.21. The van der Waals surface area contributed by atoms with E-state index in [9.17, 15) is 8.42 Å². The Kier molecular flexibility index (Phi) is 8.56. The van der Waals surface area contributed by atoms with Gasteiger partial charge in [0.15, 0.2) is 27.3 Å². The molecule has 1 aromatic carbocycles. The maximum Gasteiger partial charge on any atom is 0.170 e. The van der Waals surface area contributed by atoms with Crippen LogP contribution in [0.15, 0.2) is 49.1 Å². The van der Waals surface area contributed by atoms with E-state index < -0.39 is 26.9 Å². The minimum atomic E-state index is -3.87. The summed E-state index contributed by atoms with van der Waals surface area (Å²) in [6, 6.07) is 7.20. The van der Waals surface area contributed by atoms with Crippen molar-refractivity contribution >= 4 is 9.84 Å². The molecule has 0 radical (unpaired) electrons. The van der Waals surface area contributed by atoms with Crippen molar-refractivity contribution in [3.63, 3.8) is 0 Å². The number of rotatable bonds is 11. The van der Waals surface area contributed by atoms with E-state index in [1.165, 1.54) is 14.2 Å². The van der Waals surface area contributed by atoms with E-state index in [-0.39, 0.29) is 5.82 Å². The Morgan fingerprint density at radius 1 is 0.949 bits per heavy atom. The van der Waals surface area contributed by atoms with Gasteiger partial charge in [-0.15, -0.1) is 10.2 Å². The molecule has 0 amide bonds. The molecule has 0 aliphatic rings. The molecule has 11 nitrogen and oxygen atoms in total. The lowest BCUT2D eigenvalue weighted by molar-refractivity contribution is 0.0556. The van der Waals surface area contributed by atoms with Crippen molar-refractivity contribution in [2.24, 2.45) is 0 Å². The molecular formula is C27H32N6O5S. The summed E-state index contributed by atoms with van der Waals surface area (Å²) in [5.74, 6) is 1.37. The van der Waals surface area contributed by atoms with Gasteiger partial charge in [0.05, 0.1) is 19.5 Å². The molecule has 0 spiro atoms. The zero-order valence-corrected chi connectivity index (χ0v) is 23.6. The first-order chi connectivity index (χ1) is 18.7.